The highest BCUT2D eigenvalue weighted by Gasteiger charge is 2.69. The third kappa shape index (κ3) is 1.64. The minimum atomic E-state index is -1.03. The maximum atomic E-state index is 12.5. The van der Waals surface area contributed by atoms with E-state index in [9.17, 15) is 14.7 Å². The fraction of sp³-hybridized carbons (Fsp3) is 0.846. The minimum Gasteiger partial charge on any atom is -0.480 e. The fourth-order valence-electron chi connectivity index (χ4n) is 3.27. The molecule has 102 valence electrons. The summed E-state index contributed by atoms with van der Waals surface area (Å²) in [5.74, 6) is -1.32. The van der Waals surface area contributed by atoms with Crippen molar-refractivity contribution in [3.8, 4) is 0 Å². The molecule has 2 rings (SSSR count). The van der Waals surface area contributed by atoms with Crippen molar-refractivity contribution >= 4 is 11.9 Å². The number of hydrogen-bond acceptors (Lipinski definition) is 3. The van der Waals surface area contributed by atoms with Crippen molar-refractivity contribution in [3.05, 3.63) is 0 Å². The molecule has 2 N–H and O–H groups in total. The van der Waals surface area contributed by atoms with Gasteiger partial charge in [0.25, 0.3) is 0 Å². The predicted molar refractivity (Wildman–Crippen MR) is 64.8 cm³/mol. The van der Waals surface area contributed by atoms with Crippen molar-refractivity contribution in [2.24, 2.45) is 16.7 Å². The molecule has 0 aromatic carbocycles. The van der Waals surface area contributed by atoms with Crippen molar-refractivity contribution < 1.29 is 19.8 Å². The summed E-state index contributed by atoms with van der Waals surface area (Å²) in [4.78, 5) is 24.9. The van der Waals surface area contributed by atoms with E-state index in [-0.39, 0.29) is 35.6 Å². The molecule has 1 saturated heterocycles. The average Bonchev–Trinajstić information content (AvgIpc) is 2.57. The Morgan fingerprint density at radius 3 is 2.06 bits per heavy atom. The topological polar surface area (TPSA) is 77.8 Å². The van der Waals surface area contributed by atoms with Gasteiger partial charge in [-0.25, -0.2) is 4.79 Å². The van der Waals surface area contributed by atoms with E-state index in [4.69, 9.17) is 5.11 Å². The van der Waals surface area contributed by atoms with Crippen LogP contribution in [0.3, 0.4) is 0 Å². The number of aliphatic hydroxyl groups is 1. The van der Waals surface area contributed by atoms with Crippen LogP contribution in [0.5, 0.6) is 0 Å². The molecule has 2 aliphatic rings. The van der Waals surface area contributed by atoms with Crippen LogP contribution in [-0.4, -0.2) is 45.7 Å². The molecule has 2 atom stereocenters. The molecule has 1 unspecified atom stereocenters. The number of hydrogen-bond donors (Lipinski definition) is 2. The highest BCUT2D eigenvalue weighted by atomic mass is 16.4. The fourth-order valence-corrected chi connectivity index (χ4v) is 3.27. The van der Waals surface area contributed by atoms with Crippen LogP contribution in [-0.2, 0) is 9.59 Å². The summed E-state index contributed by atoms with van der Waals surface area (Å²) in [5.41, 5.74) is -0.221. The number of aliphatic hydroxyl groups excluding tert-OH is 1. The van der Waals surface area contributed by atoms with Gasteiger partial charge < -0.3 is 15.1 Å². The zero-order chi connectivity index (χ0) is 13.9. The summed E-state index contributed by atoms with van der Waals surface area (Å²) in [6.45, 7) is 8.24. The molecule has 1 aliphatic heterocycles. The van der Waals surface area contributed by atoms with E-state index in [0.717, 1.165) is 0 Å². The van der Waals surface area contributed by atoms with Crippen LogP contribution >= 0.6 is 0 Å². The van der Waals surface area contributed by atoms with E-state index in [1.807, 2.05) is 27.7 Å². The van der Waals surface area contributed by atoms with Gasteiger partial charge in [-0.3, -0.25) is 4.79 Å². The van der Waals surface area contributed by atoms with Crippen LogP contribution in [0.4, 0.5) is 0 Å². The number of rotatable bonds is 2. The number of amides is 1. The van der Waals surface area contributed by atoms with Crippen molar-refractivity contribution in [1.82, 2.24) is 4.90 Å². The lowest BCUT2D eigenvalue weighted by molar-refractivity contribution is -0.149. The Morgan fingerprint density at radius 2 is 1.67 bits per heavy atom. The van der Waals surface area contributed by atoms with Crippen molar-refractivity contribution in [3.63, 3.8) is 0 Å². The minimum absolute atomic E-state index is 0.110. The van der Waals surface area contributed by atoms with Crippen LogP contribution in [0, 0.1) is 16.7 Å². The Morgan fingerprint density at radius 1 is 1.17 bits per heavy atom. The van der Waals surface area contributed by atoms with Crippen molar-refractivity contribution in [1.29, 1.82) is 0 Å². The lowest BCUT2D eigenvalue weighted by atomic mass is 10.0. The first-order valence-corrected chi connectivity index (χ1v) is 6.32. The van der Waals surface area contributed by atoms with Gasteiger partial charge in [-0.1, -0.05) is 27.7 Å². The van der Waals surface area contributed by atoms with Gasteiger partial charge in [0.05, 0.1) is 6.10 Å². The van der Waals surface area contributed by atoms with E-state index >= 15 is 0 Å². The monoisotopic (exact) mass is 255 g/mol. The molecule has 0 aromatic rings. The van der Waals surface area contributed by atoms with Gasteiger partial charge in [-0.15, -0.1) is 0 Å². The molecule has 1 saturated carbocycles. The number of carbonyl (C=O) groups excluding carboxylic acids is 1. The van der Waals surface area contributed by atoms with Crippen LogP contribution in [0.25, 0.3) is 0 Å². The Hall–Kier alpha value is -1.10. The number of carboxylic acid groups (broad SMARTS) is 1. The van der Waals surface area contributed by atoms with Gasteiger partial charge in [0.2, 0.25) is 5.91 Å². The van der Waals surface area contributed by atoms with Crippen LogP contribution < -0.4 is 0 Å². The summed E-state index contributed by atoms with van der Waals surface area (Å²) < 4.78 is 0. The second kappa shape index (κ2) is 3.70. The molecule has 0 bridgehead atoms. The molecule has 0 spiro atoms. The Labute approximate surface area is 107 Å². The van der Waals surface area contributed by atoms with E-state index in [1.165, 1.54) is 4.90 Å². The number of likely N-dealkylation sites (tertiary alicyclic amines) is 1. The number of β-amino-alcohol motifs (C(OH)–C–C–N with tert-alkyl or cyclic N) is 1. The second-order valence-electron chi connectivity index (χ2n) is 6.61. The summed E-state index contributed by atoms with van der Waals surface area (Å²) in [7, 11) is 0. The van der Waals surface area contributed by atoms with Gasteiger partial charge in [0, 0.05) is 18.9 Å². The van der Waals surface area contributed by atoms with E-state index in [2.05, 4.69) is 0 Å². The molecular formula is C13H21NO4. The zero-order valence-electron chi connectivity index (χ0n) is 11.3. The maximum Gasteiger partial charge on any atom is 0.326 e. The summed E-state index contributed by atoms with van der Waals surface area (Å²) in [6.07, 6.45) is -0.589. The number of aliphatic carboxylic acids is 1. The number of carbonyl (C=O) groups is 2. The lowest BCUT2D eigenvalue weighted by Gasteiger charge is -2.22. The standard InChI is InChI=1S/C13H21NO4/c1-12(2)9(13(12,3)4)10(16)14-6-7(15)5-8(14)11(17)18/h7-9,15H,5-6H2,1-4H3,(H,17,18)/t7?,8-/m0/s1. The number of carboxylic acids is 1. The van der Waals surface area contributed by atoms with E-state index in [0.29, 0.717) is 0 Å². The highest BCUT2D eigenvalue weighted by Crippen LogP contribution is 2.69. The third-order valence-corrected chi connectivity index (χ3v) is 5.11. The smallest absolute Gasteiger partial charge is 0.326 e. The predicted octanol–water partition coefficient (Wildman–Crippen LogP) is 0.715. The van der Waals surface area contributed by atoms with Gasteiger partial charge in [0.15, 0.2) is 0 Å². The van der Waals surface area contributed by atoms with Crippen LogP contribution in [0.1, 0.15) is 34.1 Å². The molecule has 5 nitrogen and oxygen atoms in total. The summed E-state index contributed by atoms with van der Waals surface area (Å²) in [5, 5.41) is 18.7. The van der Waals surface area contributed by atoms with Gasteiger partial charge in [-0.2, -0.15) is 0 Å². The second-order valence-corrected chi connectivity index (χ2v) is 6.61. The molecule has 5 heteroatoms. The molecule has 1 amide bonds. The molecule has 1 aliphatic carbocycles. The SMILES string of the molecule is CC1(C)C(C(=O)N2CC(O)C[C@H]2C(=O)O)C1(C)C. The third-order valence-electron chi connectivity index (χ3n) is 5.11. The number of nitrogens with zero attached hydrogens (tertiary/aromatic N) is 1. The van der Waals surface area contributed by atoms with Crippen molar-refractivity contribution in [2.45, 2.75) is 46.3 Å². The molecular weight excluding hydrogens is 234 g/mol. The molecule has 0 aromatic heterocycles. The van der Waals surface area contributed by atoms with Gasteiger partial charge in [-0.05, 0) is 10.8 Å². The summed E-state index contributed by atoms with van der Waals surface area (Å²) in [6, 6.07) is -0.875. The van der Waals surface area contributed by atoms with Gasteiger partial charge >= 0.3 is 5.97 Å². The highest BCUT2D eigenvalue weighted by molar-refractivity contribution is 5.89. The molecule has 1 heterocycles. The normalized spacial score (nSPS) is 33.5. The van der Waals surface area contributed by atoms with E-state index < -0.39 is 18.1 Å². The first-order valence-electron chi connectivity index (χ1n) is 6.32. The lowest BCUT2D eigenvalue weighted by Crippen LogP contribution is -2.42. The van der Waals surface area contributed by atoms with Crippen LogP contribution in [0.15, 0.2) is 0 Å². The van der Waals surface area contributed by atoms with Crippen LogP contribution in [0.2, 0.25) is 0 Å². The quantitative estimate of drug-likeness (QED) is 0.762. The Bertz CT molecular complexity index is 388. The molecule has 0 radical (unpaired) electrons. The average molecular weight is 255 g/mol. The zero-order valence-corrected chi connectivity index (χ0v) is 11.3. The molecule has 2 fully saturated rings. The van der Waals surface area contributed by atoms with E-state index in [1.54, 1.807) is 0 Å². The molecule has 18 heavy (non-hydrogen) atoms. The Balaban J connectivity index is 2.18. The summed E-state index contributed by atoms with van der Waals surface area (Å²) >= 11 is 0. The Kier molecular flexibility index (Phi) is 2.74. The maximum absolute atomic E-state index is 12.5. The largest absolute Gasteiger partial charge is 0.480 e. The first kappa shape index (κ1) is 13.3. The first-order chi connectivity index (χ1) is 8.10. The van der Waals surface area contributed by atoms with Crippen molar-refractivity contribution in [2.75, 3.05) is 6.54 Å². The van der Waals surface area contributed by atoms with Gasteiger partial charge in [0.1, 0.15) is 6.04 Å².